The summed E-state index contributed by atoms with van der Waals surface area (Å²) in [5.74, 6) is 0. The summed E-state index contributed by atoms with van der Waals surface area (Å²) >= 11 is 0. The van der Waals surface area contributed by atoms with E-state index in [1.54, 1.807) is 12.1 Å². The van der Waals surface area contributed by atoms with Gasteiger partial charge in [0, 0.05) is 18.9 Å². The van der Waals surface area contributed by atoms with Crippen LogP contribution in [-0.2, 0) is 4.74 Å². The van der Waals surface area contributed by atoms with Gasteiger partial charge in [0.15, 0.2) is 0 Å². The van der Waals surface area contributed by atoms with E-state index in [-0.39, 0.29) is 0 Å². The smallest absolute Gasteiger partial charge is 0.316 e. The third kappa shape index (κ3) is 8.77. The minimum atomic E-state index is -0.536. The fourth-order valence-corrected chi connectivity index (χ4v) is 0.868. The Labute approximate surface area is 90.4 Å². The van der Waals surface area contributed by atoms with E-state index in [0.29, 0.717) is 0 Å². The van der Waals surface area contributed by atoms with E-state index < -0.39 is 6.03 Å². The van der Waals surface area contributed by atoms with Gasteiger partial charge in [-0.3, -0.25) is 0 Å². The molecule has 1 aromatic rings. The number of hydrogen-bond acceptors (Lipinski definition) is 2. The topological polar surface area (TPSA) is 64.3 Å². The predicted octanol–water partition coefficient (Wildman–Crippen LogP) is 2.22. The van der Waals surface area contributed by atoms with Gasteiger partial charge in [0.2, 0.25) is 0 Å². The molecule has 0 unspecified atom stereocenters. The lowest BCUT2D eigenvalue weighted by Gasteiger charge is -1.97. The Balaban J connectivity index is 0.000000336. The maximum Gasteiger partial charge on any atom is 0.316 e. The standard InChI is InChI=1S/C7H8N2O.C4H10O/c8-7(10)9-6-4-2-1-3-5-6;1-3-5-4-2/h1-5H,(H3,8,9,10);3-4H2,1-2H3. The van der Waals surface area contributed by atoms with Crippen molar-refractivity contribution in [1.82, 2.24) is 0 Å². The van der Waals surface area contributed by atoms with Crippen LogP contribution in [0.15, 0.2) is 30.3 Å². The molecule has 1 rings (SSSR count). The van der Waals surface area contributed by atoms with Crippen molar-refractivity contribution in [3.63, 3.8) is 0 Å². The van der Waals surface area contributed by atoms with Crippen LogP contribution in [0.25, 0.3) is 0 Å². The van der Waals surface area contributed by atoms with Gasteiger partial charge in [-0.25, -0.2) is 4.79 Å². The van der Waals surface area contributed by atoms with E-state index in [0.717, 1.165) is 18.9 Å². The van der Waals surface area contributed by atoms with Crippen molar-refractivity contribution >= 4 is 11.7 Å². The Hall–Kier alpha value is -1.55. The second-order valence-electron chi connectivity index (χ2n) is 2.64. The summed E-state index contributed by atoms with van der Waals surface area (Å²) < 4.78 is 4.83. The largest absolute Gasteiger partial charge is 0.382 e. The first-order valence-electron chi connectivity index (χ1n) is 4.90. The number of carbonyl (C=O) groups excluding carboxylic acids is 1. The van der Waals surface area contributed by atoms with Crippen molar-refractivity contribution in [1.29, 1.82) is 0 Å². The van der Waals surface area contributed by atoms with Gasteiger partial charge in [0.05, 0.1) is 0 Å². The first-order chi connectivity index (χ1) is 7.20. The number of hydrogen-bond donors (Lipinski definition) is 2. The highest BCUT2D eigenvalue weighted by molar-refractivity contribution is 5.87. The van der Waals surface area contributed by atoms with Crippen LogP contribution in [0.3, 0.4) is 0 Å². The van der Waals surface area contributed by atoms with Gasteiger partial charge in [-0.2, -0.15) is 0 Å². The summed E-state index contributed by atoms with van der Waals surface area (Å²) in [4.78, 5) is 10.3. The SMILES string of the molecule is CCOCC.NC(=O)Nc1ccccc1. The van der Waals surface area contributed by atoms with Gasteiger partial charge in [0.25, 0.3) is 0 Å². The molecule has 84 valence electrons. The quantitative estimate of drug-likeness (QED) is 0.803. The molecule has 0 fully saturated rings. The Kier molecular flexibility index (Phi) is 8.09. The number of urea groups is 1. The highest BCUT2D eigenvalue weighted by Gasteiger charge is 1.90. The number of benzene rings is 1. The molecule has 0 atom stereocenters. The molecular formula is C11H18N2O2. The Bertz CT molecular complexity index is 261. The summed E-state index contributed by atoms with van der Waals surface area (Å²) in [6, 6.07) is 8.52. The lowest BCUT2D eigenvalue weighted by molar-refractivity contribution is 0.162. The molecule has 0 saturated heterocycles. The number of primary amides is 1. The van der Waals surface area contributed by atoms with E-state index in [1.165, 1.54) is 0 Å². The highest BCUT2D eigenvalue weighted by Crippen LogP contribution is 2.03. The van der Waals surface area contributed by atoms with Crippen LogP contribution < -0.4 is 11.1 Å². The molecule has 4 heteroatoms. The van der Waals surface area contributed by atoms with Crippen molar-refractivity contribution in [2.75, 3.05) is 18.5 Å². The molecule has 0 radical (unpaired) electrons. The summed E-state index contributed by atoms with van der Waals surface area (Å²) in [6.07, 6.45) is 0. The van der Waals surface area contributed by atoms with Crippen molar-refractivity contribution in [2.24, 2.45) is 5.73 Å². The molecule has 0 saturated carbocycles. The number of rotatable bonds is 3. The molecule has 2 amide bonds. The molecule has 0 aliphatic carbocycles. The number of amides is 2. The number of para-hydroxylation sites is 1. The molecule has 0 heterocycles. The predicted molar refractivity (Wildman–Crippen MR) is 61.8 cm³/mol. The van der Waals surface area contributed by atoms with Gasteiger partial charge in [-0.1, -0.05) is 18.2 Å². The van der Waals surface area contributed by atoms with E-state index in [1.807, 2.05) is 32.0 Å². The molecule has 1 aromatic carbocycles. The van der Waals surface area contributed by atoms with Crippen molar-refractivity contribution < 1.29 is 9.53 Å². The molecule has 0 aromatic heterocycles. The average Bonchev–Trinajstić information content (AvgIpc) is 2.20. The highest BCUT2D eigenvalue weighted by atomic mass is 16.5. The van der Waals surface area contributed by atoms with E-state index in [2.05, 4.69) is 5.32 Å². The van der Waals surface area contributed by atoms with Crippen LogP contribution in [0.5, 0.6) is 0 Å². The maximum atomic E-state index is 10.3. The lowest BCUT2D eigenvalue weighted by atomic mass is 10.3. The van der Waals surface area contributed by atoms with Crippen LogP contribution in [0.1, 0.15) is 13.8 Å². The molecular weight excluding hydrogens is 192 g/mol. The van der Waals surface area contributed by atoms with Crippen LogP contribution in [0, 0.1) is 0 Å². The van der Waals surface area contributed by atoms with Crippen LogP contribution in [0.4, 0.5) is 10.5 Å². The number of nitrogens with two attached hydrogens (primary N) is 1. The van der Waals surface area contributed by atoms with E-state index >= 15 is 0 Å². The zero-order chi connectivity index (χ0) is 11.5. The fourth-order valence-electron chi connectivity index (χ4n) is 0.868. The Morgan fingerprint density at radius 1 is 1.27 bits per heavy atom. The first kappa shape index (κ1) is 13.4. The lowest BCUT2D eigenvalue weighted by Crippen LogP contribution is -2.18. The van der Waals surface area contributed by atoms with Crippen molar-refractivity contribution in [2.45, 2.75) is 13.8 Å². The number of anilines is 1. The Morgan fingerprint density at radius 3 is 2.13 bits per heavy atom. The second kappa shape index (κ2) is 9.02. The average molecular weight is 210 g/mol. The summed E-state index contributed by atoms with van der Waals surface area (Å²) in [5.41, 5.74) is 5.59. The van der Waals surface area contributed by atoms with Gasteiger partial charge in [-0.05, 0) is 26.0 Å². The van der Waals surface area contributed by atoms with Gasteiger partial charge in [-0.15, -0.1) is 0 Å². The normalized spacial score (nSPS) is 8.67. The third-order valence-electron chi connectivity index (χ3n) is 1.45. The Morgan fingerprint density at radius 2 is 1.80 bits per heavy atom. The number of carbonyl (C=O) groups is 1. The van der Waals surface area contributed by atoms with Crippen LogP contribution >= 0.6 is 0 Å². The molecule has 3 N–H and O–H groups in total. The summed E-state index contributed by atoms with van der Waals surface area (Å²) in [6.45, 7) is 5.67. The van der Waals surface area contributed by atoms with Gasteiger partial charge in [0.1, 0.15) is 0 Å². The molecule has 0 aliphatic heterocycles. The van der Waals surface area contributed by atoms with E-state index in [4.69, 9.17) is 10.5 Å². The van der Waals surface area contributed by atoms with Crippen LogP contribution in [-0.4, -0.2) is 19.2 Å². The monoisotopic (exact) mass is 210 g/mol. The third-order valence-corrected chi connectivity index (χ3v) is 1.45. The van der Waals surface area contributed by atoms with Gasteiger partial charge >= 0.3 is 6.03 Å². The number of nitrogens with one attached hydrogen (secondary N) is 1. The summed E-state index contributed by atoms with van der Waals surface area (Å²) in [5, 5.41) is 2.44. The maximum absolute atomic E-state index is 10.3. The molecule has 0 spiro atoms. The summed E-state index contributed by atoms with van der Waals surface area (Å²) in [7, 11) is 0. The van der Waals surface area contributed by atoms with Crippen LogP contribution in [0.2, 0.25) is 0 Å². The zero-order valence-corrected chi connectivity index (χ0v) is 9.19. The minimum Gasteiger partial charge on any atom is -0.382 e. The molecule has 4 nitrogen and oxygen atoms in total. The first-order valence-corrected chi connectivity index (χ1v) is 4.90. The zero-order valence-electron chi connectivity index (χ0n) is 9.19. The van der Waals surface area contributed by atoms with Crippen molar-refractivity contribution in [3.05, 3.63) is 30.3 Å². The molecule has 0 bridgehead atoms. The minimum absolute atomic E-state index is 0.536. The number of ether oxygens (including phenoxy) is 1. The molecule has 15 heavy (non-hydrogen) atoms. The fraction of sp³-hybridized carbons (Fsp3) is 0.364. The van der Waals surface area contributed by atoms with Crippen molar-refractivity contribution in [3.8, 4) is 0 Å². The van der Waals surface area contributed by atoms with E-state index in [9.17, 15) is 4.79 Å². The van der Waals surface area contributed by atoms with Gasteiger partial charge < -0.3 is 15.8 Å². The molecule has 0 aliphatic rings. The second-order valence-corrected chi connectivity index (χ2v) is 2.64.